The number of aryl methyl sites for hydroxylation is 1. The van der Waals surface area contributed by atoms with Crippen LogP contribution in [0.4, 0.5) is 13.2 Å². The van der Waals surface area contributed by atoms with Crippen LogP contribution in [-0.4, -0.2) is 43.6 Å². The molecule has 1 atom stereocenters. The molecule has 0 unspecified atom stereocenters. The van der Waals surface area contributed by atoms with Gasteiger partial charge in [0.2, 0.25) is 11.8 Å². The first-order valence-electron chi connectivity index (χ1n) is 11.9. The molecule has 194 valence electrons. The van der Waals surface area contributed by atoms with E-state index in [1.165, 1.54) is 0 Å². The molecular formula is C25H31F3N6O2. The fraction of sp³-hybridized carbons (Fsp3) is 0.520. The Labute approximate surface area is 207 Å². The second-order valence-corrected chi connectivity index (χ2v) is 10.7. The SMILES string of the molecule is Cc1nnc([C@H](NC(=O)c2nc(-c3cc(F)c(F)cc3F)n3c2CN(CC(C)C)CC3)C(C)(C)C)o1. The van der Waals surface area contributed by atoms with Crippen LogP contribution in [0, 0.1) is 35.7 Å². The van der Waals surface area contributed by atoms with Gasteiger partial charge in [0.1, 0.15) is 17.7 Å². The number of hydrogen-bond donors (Lipinski definition) is 1. The van der Waals surface area contributed by atoms with Crippen LogP contribution in [0.2, 0.25) is 0 Å². The van der Waals surface area contributed by atoms with E-state index in [2.05, 4.69) is 39.2 Å². The van der Waals surface area contributed by atoms with E-state index in [0.29, 0.717) is 43.2 Å². The van der Waals surface area contributed by atoms with E-state index in [0.717, 1.165) is 12.6 Å². The maximum atomic E-state index is 14.7. The van der Waals surface area contributed by atoms with Crippen molar-refractivity contribution >= 4 is 5.91 Å². The lowest BCUT2D eigenvalue weighted by Crippen LogP contribution is -2.39. The fourth-order valence-corrected chi connectivity index (χ4v) is 4.45. The van der Waals surface area contributed by atoms with Crippen LogP contribution < -0.4 is 5.32 Å². The van der Waals surface area contributed by atoms with Crippen LogP contribution >= 0.6 is 0 Å². The van der Waals surface area contributed by atoms with Gasteiger partial charge in [-0.1, -0.05) is 34.6 Å². The molecule has 0 bridgehead atoms. The summed E-state index contributed by atoms with van der Waals surface area (Å²) in [4.78, 5) is 20.3. The van der Waals surface area contributed by atoms with Crippen molar-refractivity contribution in [2.45, 2.75) is 60.7 Å². The first-order chi connectivity index (χ1) is 16.8. The van der Waals surface area contributed by atoms with Crippen molar-refractivity contribution in [2.75, 3.05) is 13.1 Å². The largest absolute Gasteiger partial charge is 0.423 e. The Morgan fingerprint density at radius 1 is 1.11 bits per heavy atom. The molecule has 0 saturated carbocycles. The van der Waals surface area contributed by atoms with E-state index in [9.17, 15) is 18.0 Å². The molecule has 1 amide bonds. The molecule has 11 heteroatoms. The van der Waals surface area contributed by atoms with Gasteiger partial charge in [-0.3, -0.25) is 9.69 Å². The van der Waals surface area contributed by atoms with Crippen LogP contribution in [0.5, 0.6) is 0 Å². The highest BCUT2D eigenvalue weighted by Crippen LogP contribution is 2.34. The highest BCUT2D eigenvalue weighted by molar-refractivity contribution is 5.94. The minimum atomic E-state index is -1.29. The normalized spacial score (nSPS) is 15.3. The number of carbonyl (C=O) groups excluding carboxylic acids is 1. The second-order valence-electron chi connectivity index (χ2n) is 10.7. The van der Waals surface area contributed by atoms with Crippen molar-refractivity contribution in [1.82, 2.24) is 30.0 Å². The van der Waals surface area contributed by atoms with Gasteiger partial charge in [-0.25, -0.2) is 18.2 Å². The molecule has 1 aliphatic heterocycles. The summed E-state index contributed by atoms with van der Waals surface area (Å²) in [5.41, 5.74) is -0.0139. The van der Waals surface area contributed by atoms with Gasteiger partial charge in [0.05, 0.1) is 11.3 Å². The Kier molecular flexibility index (Phi) is 6.96. The van der Waals surface area contributed by atoms with Gasteiger partial charge in [0.25, 0.3) is 5.91 Å². The molecule has 0 radical (unpaired) electrons. The van der Waals surface area contributed by atoms with E-state index in [-0.39, 0.29) is 23.0 Å². The molecule has 0 saturated heterocycles. The summed E-state index contributed by atoms with van der Waals surface area (Å²) in [5, 5.41) is 10.9. The number of halogens is 3. The molecule has 0 fully saturated rings. The van der Waals surface area contributed by atoms with Gasteiger partial charge in [-0.05, 0) is 17.4 Å². The fourth-order valence-electron chi connectivity index (χ4n) is 4.45. The van der Waals surface area contributed by atoms with Crippen molar-refractivity contribution in [3.8, 4) is 11.4 Å². The zero-order valence-corrected chi connectivity index (χ0v) is 21.3. The van der Waals surface area contributed by atoms with Gasteiger partial charge < -0.3 is 14.3 Å². The van der Waals surface area contributed by atoms with Crippen molar-refractivity contribution < 1.29 is 22.4 Å². The van der Waals surface area contributed by atoms with Gasteiger partial charge in [0.15, 0.2) is 17.3 Å². The highest BCUT2D eigenvalue weighted by atomic mass is 19.2. The highest BCUT2D eigenvalue weighted by Gasteiger charge is 2.36. The lowest BCUT2D eigenvalue weighted by Gasteiger charge is -2.31. The smallest absolute Gasteiger partial charge is 0.272 e. The summed E-state index contributed by atoms with van der Waals surface area (Å²) >= 11 is 0. The standard InChI is InChI=1S/C25H31F3N6O2/c1-13(2)11-33-7-8-34-19(12-33)20(29-22(34)15-9-17(27)18(28)10-16(15)26)23(35)30-21(25(4,5)6)24-32-31-14(3)36-24/h9-10,13,21H,7-8,11-12H2,1-6H3,(H,30,35)/t21-/m0/s1. The Balaban J connectivity index is 1.78. The maximum absolute atomic E-state index is 14.7. The summed E-state index contributed by atoms with van der Waals surface area (Å²) < 4.78 is 49.7. The molecule has 0 aliphatic carbocycles. The number of nitrogens with zero attached hydrogens (tertiary/aromatic N) is 5. The Hall–Kier alpha value is -3.21. The number of fused-ring (bicyclic) bond motifs is 1. The third-order valence-corrected chi connectivity index (χ3v) is 6.11. The molecule has 1 aliphatic rings. The molecule has 8 nitrogen and oxygen atoms in total. The van der Waals surface area contributed by atoms with E-state index >= 15 is 0 Å². The average molecular weight is 505 g/mol. The van der Waals surface area contributed by atoms with E-state index in [1.54, 1.807) is 11.5 Å². The average Bonchev–Trinajstić information content (AvgIpc) is 3.36. The lowest BCUT2D eigenvalue weighted by molar-refractivity contribution is 0.0876. The predicted octanol–water partition coefficient (Wildman–Crippen LogP) is 4.65. The van der Waals surface area contributed by atoms with Crippen LogP contribution in [0.3, 0.4) is 0 Å². The van der Waals surface area contributed by atoms with Gasteiger partial charge in [0, 0.05) is 39.2 Å². The summed E-state index contributed by atoms with van der Waals surface area (Å²) in [6.45, 7) is 13.9. The molecule has 1 N–H and O–H groups in total. The number of benzene rings is 1. The summed E-state index contributed by atoms with van der Waals surface area (Å²) in [5.74, 6) is -2.83. The number of aromatic nitrogens is 4. The number of imidazole rings is 1. The Morgan fingerprint density at radius 2 is 1.81 bits per heavy atom. The number of nitrogens with one attached hydrogen (secondary N) is 1. The molecule has 3 aromatic rings. The zero-order chi connectivity index (χ0) is 26.4. The summed E-state index contributed by atoms with van der Waals surface area (Å²) in [7, 11) is 0. The number of amides is 1. The number of carbonyl (C=O) groups is 1. The Morgan fingerprint density at radius 3 is 2.42 bits per heavy atom. The quantitative estimate of drug-likeness (QED) is 0.492. The zero-order valence-electron chi connectivity index (χ0n) is 21.3. The topological polar surface area (TPSA) is 89.1 Å². The lowest BCUT2D eigenvalue weighted by atomic mass is 9.86. The molecular weight excluding hydrogens is 473 g/mol. The van der Waals surface area contributed by atoms with Crippen LogP contribution in [-0.2, 0) is 13.1 Å². The van der Waals surface area contributed by atoms with E-state index in [4.69, 9.17) is 4.42 Å². The van der Waals surface area contributed by atoms with Crippen LogP contribution in [0.15, 0.2) is 16.5 Å². The first kappa shape index (κ1) is 25.9. The third-order valence-electron chi connectivity index (χ3n) is 6.11. The maximum Gasteiger partial charge on any atom is 0.272 e. The number of hydrogen-bond acceptors (Lipinski definition) is 6. The Bertz CT molecular complexity index is 1280. The molecule has 3 heterocycles. The van der Waals surface area contributed by atoms with Crippen LogP contribution in [0.1, 0.15) is 68.6 Å². The van der Waals surface area contributed by atoms with Crippen molar-refractivity contribution in [1.29, 1.82) is 0 Å². The molecule has 4 rings (SSSR count). The van der Waals surface area contributed by atoms with E-state index < -0.39 is 34.8 Å². The first-order valence-corrected chi connectivity index (χ1v) is 11.9. The monoisotopic (exact) mass is 504 g/mol. The minimum Gasteiger partial charge on any atom is -0.423 e. The molecule has 0 spiro atoms. The molecule has 2 aromatic heterocycles. The van der Waals surface area contributed by atoms with Crippen molar-refractivity contribution in [2.24, 2.45) is 11.3 Å². The van der Waals surface area contributed by atoms with Gasteiger partial charge in [-0.2, -0.15) is 0 Å². The third kappa shape index (κ3) is 5.16. The van der Waals surface area contributed by atoms with Crippen LogP contribution in [0.25, 0.3) is 11.4 Å². The predicted molar refractivity (Wildman–Crippen MR) is 126 cm³/mol. The van der Waals surface area contributed by atoms with Crippen molar-refractivity contribution in [3.05, 3.63) is 52.8 Å². The van der Waals surface area contributed by atoms with E-state index in [1.807, 2.05) is 20.8 Å². The van der Waals surface area contributed by atoms with Crippen molar-refractivity contribution in [3.63, 3.8) is 0 Å². The summed E-state index contributed by atoms with van der Waals surface area (Å²) in [6.07, 6.45) is 0. The molecule has 36 heavy (non-hydrogen) atoms. The summed E-state index contributed by atoms with van der Waals surface area (Å²) in [6, 6.07) is 0.650. The minimum absolute atomic E-state index is 0.0803. The second kappa shape index (κ2) is 9.68. The number of rotatable bonds is 6. The van der Waals surface area contributed by atoms with Gasteiger partial charge in [-0.15, -0.1) is 10.2 Å². The molecule has 1 aromatic carbocycles. The van der Waals surface area contributed by atoms with Gasteiger partial charge >= 0.3 is 0 Å².